The summed E-state index contributed by atoms with van der Waals surface area (Å²) in [5.74, 6) is 0.186. The van der Waals surface area contributed by atoms with E-state index in [9.17, 15) is 8.42 Å². The molecule has 0 aliphatic carbocycles. The molecule has 0 aromatic heterocycles. The van der Waals surface area contributed by atoms with Crippen LogP contribution < -0.4 is 16.1 Å². The first-order chi connectivity index (χ1) is 11.7. The SMILES string of the molecule is CC1CCN(c2cc(N/N=C(\C#N)C(=N)N)ccc2S(C)(=O)=O)CC1. The minimum absolute atomic E-state index is 0.236. The van der Waals surface area contributed by atoms with E-state index in [1.165, 1.54) is 12.3 Å². The molecule has 1 saturated heterocycles. The first-order valence-corrected chi connectivity index (χ1v) is 9.78. The van der Waals surface area contributed by atoms with Gasteiger partial charge in [0, 0.05) is 19.3 Å². The van der Waals surface area contributed by atoms with Gasteiger partial charge >= 0.3 is 0 Å². The zero-order valence-corrected chi connectivity index (χ0v) is 15.1. The summed E-state index contributed by atoms with van der Waals surface area (Å²) in [4.78, 5) is 2.32. The van der Waals surface area contributed by atoms with Crippen molar-refractivity contribution in [2.75, 3.05) is 29.7 Å². The number of benzene rings is 1. The Hall–Kier alpha value is -2.60. The molecule has 1 aromatic carbocycles. The number of sulfone groups is 1. The third kappa shape index (κ3) is 4.70. The highest BCUT2D eigenvalue weighted by molar-refractivity contribution is 7.90. The Morgan fingerprint density at radius 3 is 2.60 bits per heavy atom. The van der Waals surface area contributed by atoms with Crippen molar-refractivity contribution in [3.63, 3.8) is 0 Å². The fourth-order valence-corrected chi connectivity index (χ4v) is 3.55. The van der Waals surface area contributed by atoms with E-state index >= 15 is 0 Å². The van der Waals surface area contributed by atoms with E-state index in [0.29, 0.717) is 17.3 Å². The van der Waals surface area contributed by atoms with Gasteiger partial charge < -0.3 is 10.6 Å². The molecule has 1 aliphatic heterocycles. The number of nitriles is 1. The lowest BCUT2D eigenvalue weighted by Gasteiger charge is -2.33. The normalized spacial score (nSPS) is 16.4. The van der Waals surface area contributed by atoms with Crippen LogP contribution in [0.5, 0.6) is 0 Å². The van der Waals surface area contributed by atoms with Crippen molar-refractivity contribution < 1.29 is 8.42 Å². The number of hydrazone groups is 1. The lowest BCUT2D eigenvalue weighted by atomic mass is 9.99. The lowest BCUT2D eigenvalue weighted by Crippen LogP contribution is -2.33. The Morgan fingerprint density at radius 2 is 2.08 bits per heavy atom. The number of nitrogens with one attached hydrogen (secondary N) is 2. The highest BCUT2D eigenvalue weighted by Gasteiger charge is 2.22. The highest BCUT2D eigenvalue weighted by Crippen LogP contribution is 2.31. The van der Waals surface area contributed by atoms with E-state index in [-0.39, 0.29) is 10.6 Å². The van der Waals surface area contributed by atoms with Crippen molar-refractivity contribution in [1.82, 2.24) is 0 Å². The molecule has 0 spiro atoms. The molecule has 134 valence electrons. The zero-order chi connectivity index (χ0) is 18.6. The van der Waals surface area contributed by atoms with E-state index in [1.807, 2.05) is 0 Å². The van der Waals surface area contributed by atoms with Gasteiger partial charge in [0.05, 0.1) is 16.3 Å². The minimum Gasteiger partial charge on any atom is -0.382 e. The van der Waals surface area contributed by atoms with E-state index < -0.39 is 15.7 Å². The molecule has 0 radical (unpaired) electrons. The van der Waals surface area contributed by atoms with Crippen LogP contribution in [0.2, 0.25) is 0 Å². The van der Waals surface area contributed by atoms with Gasteiger partial charge in [-0.05, 0) is 37.0 Å². The summed E-state index contributed by atoms with van der Waals surface area (Å²) in [5.41, 5.74) is 8.83. The van der Waals surface area contributed by atoms with Crippen molar-refractivity contribution in [2.24, 2.45) is 16.8 Å². The molecular weight excluding hydrogens is 340 g/mol. The molecule has 4 N–H and O–H groups in total. The number of rotatable bonds is 5. The largest absolute Gasteiger partial charge is 0.382 e. The molecule has 0 unspecified atom stereocenters. The summed E-state index contributed by atoms with van der Waals surface area (Å²) in [6.07, 6.45) is 3.19. The number of hydrogen-bond donors (Lipinski definition) is 3. The van der Waals surface area contributed by atoms with Crippen LogP contribution >= 0.6 is 0 Å². The Kier molecular flexibility index (Phi) is 5.64. The molecule has 1 aromatic rings. The van der Waals surface area contributed by atoms with Crippen LogP contribution in [0.3, 0.4) is 0 Å². The predicted octanol–water partition coefficient (Wildman–Crippen LogP) is 1.55. The fourth-order valence-electron chi connectivity index (χ4n) is 2.66. The monoisotopic (exact) mass is 362 g/mol. The third-order valence-electron chi connectivity index (χ3n) is 4.14. The molecule has 1 aliphatic rings. The van der Waals surface area contributed by atoms with Gasteiger partial charge in [-0.25, -0.2) is 8.42 Å². The van der Waals surface area contributed by atoms with Crippen LogP contribution in [0.1, 0.15) is 19.8 Å². The van der Waals surface area contributed by atoms with Crippen molar-refractivity contribution in [3.8, 4) is 6.07 Å². The van der Waals surface area contributed by atoms with Crippen LogP contribution in [0.15, 0.2) is 28.2 Å². The van der Waals surface area contributed by atoms with Gasteiger partial charge in [0.1, 0.15) is 6.07 Å². The second kappa shape index (κ2) is 7.53. The molecule has 0 atom stereocenters. The van der Waals surface area contributed by atoms with Crippen molar-refractivity contribution >= 4 is 32.8 Å². The minimum atomic E-state index is -3.37. The van der Waals surface area contributed by atoms with E-state index in [2.05, 4.69) is 22.4 Å². The summed E-state index contributed by atoms with van der Waals surface area (Å²) in [6, 6.07) is 6.52. The topological polar surface area (TPSA) is 135 Å². The summed E-state index contributed by atoms with van der Waals surface area (Å²) in [6.45, 7) is 3.76. The van der Waals surface area contributed by atoms with Gasteiger partial charge in [-0.3, -0.25) is 10.8 Å². The highest BCUT2D eigenvalue weighted by atomic mass is 32.2. The molecule has 1 fully saturated rings. The van der Waals surface area contributed by atoms with Gasteiger partial charge in [-0.15, -0.1) is 0 Å². The van der Waals surface area contributed by atoms with Gasteiger partial charge in [-0.2, -0.15) is 10.4 Å². The van der Waals surface area contributed by atoms with Gasteiger partial charge in [0.2, 0.25) is 5.71 Å². The quantitative estimate of drug-likeness (QED) is 0.413. The molecule has 0 amide bonds. The molecule has 0 bridgehead atoms. The molecule has 0 saturated carbocycles. The summed E-state index contributed by atoms with van der Waals surface area (Å²) < 4.78 is 24.2. The van der Waals surface area contributed by atoms with Crippen LogP contribution in [0, 0.1) is 22.7 Å². The maximum absolute atomic E-state index is 12.1. The Balaban J connectivity index is 2.38. The summed E-state index contributed by atoms with van der Waals surface area (Å²) in [7, 11) is -3.37. The number of hydrogen-bond acceptors (Lipinski definition) is 7. The molecule has 25 heavy (non-hydrogen) atoms. The second-order valence-corrected chi connectivity index (χ2v) is 8.21. The average Bonchev–Trinajstić information content (AvgIpc) is 2.54. The summed E-state index contributed by atoms with van der Waals surface area (Å²) >= 11 is 0. The van der Waals surface area contributed by atoms with Gasteiger partial charge in [0.15, 0.2) is 15.7 Å². The Morgan fingerprint density at radius 1 is 1.44 bits per heavy atom. The lowest BCUT2D eigenvalue weighted by molar-refractivity contribution is 0.437. The maximum Gasteiger partial charge on any atom is 0.201 e. The number of piperidine rings is 1. The van der Waals surface area contributed by atoms with Crippen LogP contribution in [0.4, 0.5) is 11.4 Å². The zero-order valence-electron chi connectivity index (χ0n) is 14.3. The smallest absolute Gasteiger partial charge is 0.201 e. The van der Waals surface area contributed by atoms with Crippen molar-refractivity contribution in [1.29, 1.82) is 10.7 Å². The number of amidine groups is 1. The first kappa shape index (κ1) is 18.7. The van der Waals surface area contributed by atoms with Crippen LogP contribution in [-0.4, -0.2) is 39.3 Å². The predicted molar refractivity (Wildman–Crippen MR) is 98.7 cm³/mol. The molecule has 8 nitrogen and oxygen atoms in total. The fraction of sp³-hybridized carbons (Fsp3) is 0.438. The number of nitrogens with two attached hydrogens (primary N) is 1. The number of nitrogens with zero attached hydrogens (tertiary/aromatic N) is 3. The molecule has 1 heterocycles. The van der Waals surface area contributed by atoms with E-state index in [1.54, 1.807) is 18.2 Å². The van der Waals surface area contributed by atoms with Gasteiger partial charge in [0.25, 0.3) is 0 Å². The standard InChI is InChI=1S/C16H22N6O2S/c1-11-5-7-22(8-6-11)14-9-12(3-4-15(14)25(2,23)24)20-21-13(10-17)16(18)19/h3-4,9,11,20H,5-8H2,1-2H3,(H3,18,19)/b21-13+. The second-order valence-electron chi connectivity index (χ2n) is 6.22. The van der Waals surface area contributed by atoms with E-state index in [4.69, 9.17) is 16.4 Å². The van der Waals surface area contributed by atoms with Crippen LogP contribution in [-0.2, 0) is 9.84 Å². The average molecular weight is 362 g/mol. The number of anilines is 2. The molecule has 2 rings (SSSR count). The third-order valence-corrected chi connectivity index (χ3v) is 5.28. The van der Waals surface area contributed by atoms with Crippen LogP contribution in [0.25, 0.3) is 0 Å². The Bertz CT molecular complexity index is 833. The van der Waals surface area contributed by atoms with E-state index in [0.717, 1.165) is 25.9 Å². The molecule has 9 heteroatoms. The van der Waals surface area contributed by atoms with Crippen molar-refractivity contribution in [3.05, 3.63) is 18.2 Å². The summed E-state index contributed by atoms with van der Waals surface area (Å²) in [5, 5.41) is 19.9. The molecular formula is C16H22N6O2S. The first-order valence-electron chi connectivity index (χ1n) is 7.89. The maximum atomic E-state index is 12.1. The van der Waals surface area contributed by atoms with Gasteiger partial charge in [-0.1, -0.05) is 6.92 Å². The van der Waals surface area contributed by atoms with Crippen molar-refractivity contribution in [2.45, 2.75) is 24.7 Å². The Labute approximate surface area is 147 Å².